The molecule has 5 heteroatoms. The van der Waals surface area contributed by atoms with Crippen molar-refractivity contribution in [3.8, 4) is 6.07 Å². The fourth-order valence-corrected chi connectivity index (χ4v) is 6.64. The number of nitrogens with one attached hydrogen (secondary N) is 1. The lowest BCUT2D eigenvalue weighted by Gasteiger charge is -2.57. The Bertz CT molecular complexity index is 722. The van der Waals surface area contributed by atoms with Gasteiger partial charge in [-0.2, -0.15) is 5.26 Å². The van der Waals surface area contributed by atoms with Crippen LogP contribution in [0.1, 0.15) is 56.9 Å². The van der Waals surface area contributed by atoms with Gasteiger partial charge < -0.3 is 10.2 Å². The van der Waals surface area contributed by atoms with Crippen molar-refractivity contribution in [2.24, 2.45) is 23.7 Å². The number of aromatic nitrogens is 1. The second-order valence-corrected chi connectivity index (χ2v) is 9.47. The molecule has 0 atom stereocenters. The fraction of sp³-hybridized carbons (Fsp3) is 0.682. The van der Waals surface area contributed by atoms with E-state index in [0.29, 0.717) is 11.5 Å². The van der Waals surface area contributed by atoms with Crippen molar-refractivity contribution in [2.75, 3.05) is 18.0 Å². The molecule has 4 bridgehead atoms. The third-order valence-corrected chi connectivity index (χ3v) is 7.49. The van der Waals surface area contributed by atoms with Gasteiger partial charge in [0, 0.05) is 30.7 Å². The topological polar surface area (TPSA) is 69.0 Å². The quantitative estimate of drug-likeness (QED) is 0.894. The van der Waals surface area contributed by atoms with Crippen LogP contribution in [0.5, 0.6) is 0 Å². The van der Waals surface area contributed by atoms with Gasteiger partial charge in [-0.3, -0.25) is 4.79 Å². The largest absolute Gasteiger partial charge is 0.357 e. The molecule has 1 aromatic heterocycles. The number of piperidine rings is 1. The van der Waals surface area contributed by atoms with E-state index in [-0.39, 0.29) is 11.5 Å². The first-order valence-electron chi connectivity index (χ1n) is 10.6. The molecule has 1 aromatic rings. The minimum atomic E-state index is 0.123. The number of carbonyl (C=O) groups excluding carboxylic acids is 1. The van der Waals surface area contributed by atoms with Crippen LogP contribution in [0.3, 0.4) is 0 Å². The first-order chi connectivity index (χ1) is 13.1. The summed E-state index contributed by atoms with van der Waals surface area (Å²) < 4.78 is 0. The zero-order valence-corrected chi connectivity index (χ0v) is 15.9. The van der Waals surface area contributed by atoms with Crippen LogP contribution >= 0.6 is 0 Å². The molecule has 1 N–H and O–H groups in total. The summed E-state index contributed by atoms with van der Waals surface area (Å²) in [6.07, 6.45) is 11.3. The zero-order valence-electron chi connectivity index (χ0n) is 15.9. The van der Waals surface area contributed by atoms with Crippen molar-refractivity contribution < 1.29 is 4.79 Å². The van der Waals surface area contributed by atoms with E-state index in [1.165, 1.54) is 38.5 Å². The van der Waals surface area contributed by atoms with E-state index < -0.39 is 0 Å². The molecule has 6 rings (SSSR count). The normalized spacial score (nSPS) is 35.1. The van der Waals surface area contributed by atoms with Crippen LogP contribution in [0.25, 0.3) is 0 Å². The Labute approximate surface area is 161 Å². The third-order valence-electron chi connectivity index (χ3n) is 7.49. The van der Waals surface area contributed by atoms with E-state index in [1.807, 2.05) is 12.1 Å². The van der Waals surface area contributed by atoms with Crippen LogP contribution in [-0.4, -0.2) is 29.5 Å². The maximum Gasteiger partial charge on any atom is 0.223 e. The van der Waals surface area contributed by atoms with Crippen LogP contribution in [0, 0.1) is 35.0 Å². The maximum atomic E-state index is 13.0. The van der Waals surface area contributed by atoms with Crippen molar-refractivity contribution in [1.29, 1.82) is 5.26 Å². The van der Waals surface area contributed by atoms with Gasteiger partial charge in [0.05, 0.1) is 5.56 Å². The minimum absolute atomic E-state index is 0.123. The predicted octanol–water partition coefficient (Wildman–Crippen LogP) is 3.25. The average molecular weight is 364 g/mol. The lowest BCUT2D eigenvalue weighted by atomic mass is 9.53. The maximum absolute atomic E-state index is 13.0. The van der Waals surface area contributed by atoms with E-state index >= 15 is 0 Å². The number of amides is 1. The van der Waals surface area contributed by atoms with Gasteiger partial charge >= 0.3 is 0 Å². The third kappa shape index (κ3) is 3.20. The van der Waals surface area contributed by atoms with E-state index in [4.69, 9.17) is 5.26 Å². The van der Waals surface area contributed by atoms with Crippen LogP contribution in [0.15, 0.2) is 18.3 Å². The van der Waals surface area contributed by atoms with Crippen molar-refractivity contribution in [3.05, 3.63) is 23.9 Å². The van der Waals surface area contributed by atoms with E-state index in [0.717, 1.165) is 49.5 Å². The predicted molar refractivity (Wildman–Crippen MR) is 103 cm³/mol. The molecular weight excluding hydrogens is 336 g/mol. The highest BCUT2D eigenvalue weighted by Crippen LogP contribution is 2.55. The Morgan fingerprint density at radius 2 is 1.74 bits per heavy atom. The molecule has 0 spiro atoms. The molecule has 1 amide bonds. The molecule has 4 saturated carbocycles. The number of hydrogen-bond acceptors (Lipinski definition) is 4. The summed E-state index contributed by atoms with van der Waals surface area (Å²) in [6, 6.07) is 5.83. The Kier molecular flexibility index (Phi) is 4.11. The monoisotopic (exact) mass is 364 g/mol. The molecule has 0 aromatic carbocycles. The molecule has 1 saturated heterocycles. The molecule has 1 aliphatic heterocycles. The number of carbonyl (C=O) groups is 1. The number of nitriles is 1. The molecule has 0 radical (unpaired) electrons. The van der Waals surface area contributed by atoms with Crippen molar-refractivity contribution in [3.63, 3.8) is 0 Å². The minimum Gasteiger partial charge on any atom is -0.357 e. The summed E-state index contributed by atoms with van der Waals surface area (Å²) in [6.45, 7) is 1.72. The van der Waals surface area contributed by atoms with E-state index in [1.54, 1.807) is 6.20 Å². The molecular formula is C22H28N4O. The van der Waals surface area contributed by atoms with Gasteiger partial charge in [-0.25, -0.2) is 4.98 Å². The van der Waals surface area contributed by atoms with E-state index in [2.05, 4.69) is 21.3 Å². The van der Waals surface area contributed by atoms with Crippen LogP contribution in [-0.2, 0) is 4.79 Å². The van der Waals surface area contributed by atoms with Crippen molar-refractivity contribution in [2.45, 2.75) is 56.9 Å². The summed E-state index contributed by atoms with van der Waals surface area (Å²) in [5.74, 6) is 3.92. The van der Waals surface area contributed by atoms with Gasteiger partial charge in [0.15, 0.2) is 0 Å². The molecule has 2 heterocycles. The van der Waals surface area contributed by atoms with Gasteiger partial charge in [0.1, 0.15) is 11.9 Å². The molecule has 27 heavy (non-hydrogen) atoms. The summed E-state index contributed by atoms with van der Waals surface area (Å²) in [7, 11) is 0. The van der Waals surface area contributed by atoms with Crippen LogP contribution < -0.4 is 10.2 Å². The van der Waals surface area contributed by atoms with E-state index in [9.17, 15) is 4.79 Å². The highest BCUT2D eigenvalue weighted by Gasteiger charge is 2.51. The van der Waals surface area contributed by atoms with Gasteiger partial charge in [-0.1, -0.05) is 0 Å². The number of rotatable bonds is 3. The SMILES string of the molecule is N#Cc1ccc(N2CCC(C(=O)NC34CC5CC(CC(C5)C3)C4)CC2)nc1. The Balaban J connectivity index is 1.19. The molecule has 5 aliphatic rings. The van der Waals surface area contributed by atoms with Crippen molar-refractivity contribution in [1.82, 2.24) is 10.3 Å². The highest BCUT2D eigenvalue weighted by molar-refractivity contribution is 5.80. The number of hydrogen-bond donors (Lipinski definition) is 1. The van der Waals surface area contributed by atoms with Gasteiger partial charge in [0.2, 0.25) is 5.91 Å². The van der Waals surface area contributed by atoms with Gasteiger partial charge in [-0.15, -0.1) is 0 Å². The summed E-state index contributed by atoms with van der Waals surface area (Å²) >= 11 is 0. The standard InChI is InChI=1S/C22H28N4O/c23-13-15-1-2-20(24-14-15)26-5-3-19(4-6-26)21(27)25-22-10-16-7-17(11-22)9-18(8-16)12-22/h1-2,14,16-19H,3-12H2,(H,25,27). The average Bonchev–Trinajstić information content (AvgIpc) is 2.67. The lowest BCUT2D eigenvalue weighted by Crippen LogP contribution is -2.61. The molecule has 0 unspecified atom stereocenters. The lowest BCUT2D eigenvalue weighted by molar-refractivity contribution is -0.131. The Morgan fingerprint density at radius 1 is 1.11 bits per heavy atom. The van der Waals surface area contributed by atoms with Gasteiger partial charge in [0.25, 0.3) is 0 Å². The first-order valence-corrected chi connectivity index (χ1v) is 10.6. The van der Waals surface area contributed by atoms with Crippen LogP contribution in [0.4, 0.5) is 5.82 Å². The summed E-state index contributed by atoms with van der Waals surface area (Å²) in [5.41, 5.74) is 0.709. The Hall–Kier alpha value is -2.09. The molecule has 4 aliphatic carbocycles. The second kappa shape index (κ2) is 6.51. The number of nitrogens with zero attached hydrogens (tertiary/aromatic N) is 3. The number of pyridine rings is 1. The van der Waals surface area contributed by atoms with Gasteiger partial charge in [-0.05, 0) is 81.3 Å². The summed E-state index contributed by atoms with van der Waals surface area (Å²) in [5, 5.41) is 12.5. The Morgan fingerprint density at radius 3 is 2.26 bits per heavy atom. The second-order valence-electron chi connectivity index (χ2n) is 9.47. The fourth-order valence-electron chi connectivity index (χ4n) is 6.64. The zero-order chi connectivity index (χ0) is 18.4. The van der Waals surface area contributed by atoms with Crippen molar-refractivity contribution >= 4 is 11.7 Å². The smallest absolute Gasteiger partial charge is 0.223 e. The van der Waals surface area contributed by atoms with Crippen LogP contribution in [0.2, 0.25) is 0 Å². The number of anilines is 1. The highest BCUT2D eigenvalue weighted by atomic mass is 16.2. The molecule has 5 fully saturated rings. The molecule has 142 valence electrons. The molecule has 5 nitrogen and oxygen atoms in total. The first kappa shape index (κ1) is 17.0. The summed E-state index contributed by atoms with van der Waals surface area (Å²) in [4.78, 5) is 19.7.